The number of carboxylic acid groups (broad SMARTS) is 1. The van der Waals surface area contributed by atoms with Crippen LogP contribution in [-0.4, -0.2) is 23.1 Å². The molecule has 0 spiro atoms. The van der Waals surface area contributed by atoms with Gasteiger partial charge in [0.15, 0.2) is 0 Å². The van der Waals surface area contributed by atoms with Crippen LogP contribution in [0.4, 0.5) is 10.5 Å². The number of carbonyl (C=O) groups is 2. The third kappa shape index (κ3) is 4.21. The van der Waals surface area contributed by atoms with Crippen LogP contribution < -0.4 is 10.6 Å². The molecule has 21 heavy (non-hydrogen) atoms. The summed E-state index contributed by atoms with van der Waals surface area (Å²) in [6, 6.07) is 7.42. The van der Waals surface area contributed by atoms with E-state index < -0.39 is 5.97 Å². The summed E-state index contributed by atoms with van der Waals surface area (Å²) in [5, 5.41) is 14.6. The van der Waals surface area contributed by atoms with Crippen molar-refractivity contribution >= 4 is 17.7 Å². The molecule has 1 aromatic rings. The highest BCUT2D eigenvalue weighted by Gasteiger charge is 2.30. The lowest BCUT2D eigenvalue weighted by Crippen LogP contribution is -2.36. The largest absolute Gasteiger partial charge is 0.481 e. The minimum atomic E-state index is -0.774. The van der Waals surface area contributed by atoms with Crippen LogP contribution in [0.15, 0.2) is 24.3 Å². The normalized spacial score (nSPS) is 21.3. The van der Waals surface area contributed by atoms with Gasteiger partial charge < -0.3 is 15.7 Å². The van der Waals surface area contributed by atoms with Gasteiger partial charge in [0.1, 0.15) is 0 Å². The SMILES string of the molecule is CC(C)c1cccc(NC(=O)N[C@H]2CC[C@@H](C(=O)O)C2)c1. The molecule has 0 heterocycles. The molecular formula is C16H22N2O3. The first-order chi connectivity index (χ1) is 9.95. The maximum Gasteiger partial charge on any atom is 0.319 e. The Morgan fingerprint density at radius 2 is 2.05 bits per heavy atom. The number of aliphatic carboxylic acids is 1. The van der Waals surface area contributed by atoms with E-state index in [4.69, 9.17) is 5.11 Å². The van der Waals surface area contributed by atoms with Crippen molar-refractivity contribution in [1.82, 2.24) is 5.32 Å². The average Bonchev–Trinajstić information content (AvgIpc) is 2.87. The van der Waals surface area contributed by atoms with Crippen molar-refractivity contribution in [2.45, 2.75) is 45.1 Å². The molecule has 5 heteroatoms. The highest BCUT2D eigenvalue weighted by Crippen LogP contribution is 2.25. The third-order valence-electron chi connectivity index (χ3n) is 3.93. The molecule has 0 aliphatic heterocycles. The van der Waals surface area contributed by atoms with E-state index in [1.54, 1.807) is 0 Å². The van der Waals surface area contributed by atoms with Gasteiger partial charge in [0.2, 0.25) is 0 Å². The highest BCUT2D eigenvalue weighted by atomic mass is 16.4. The molecule has 2 amide bonds. The predicted octanol–water partition coefficient (Wildman–Crippen LogP) is 3.18. The van der Waals surface area contributed by atoms with Crippen molar-refractivity contribution in [2.75, 3.05) is 5.32 Å². The molecule has 0 bridgehead atoms. The van der Waals surface area contributed by atoms with Crippen LogP contribution in [0.5, 0.6) is 0 Å². The van der Waals surface area contributed by atoms with Gasteiger partial charge in [0.05, 0.1) is 5.92 Å². The molecule has 3 N–H and O–H groups in total. The first-order valence-corrected chi connectivity index (χ1v) is 7.36. The van der Waals surface area contributed by atoms with E-state index in [2.05, 4.69) is 24.5 Å². The summed E-state index contributed by atoms with van der Waals surface area (Å²) in [6.07, 6.45) is 1.86. The van der Waals surface area contributed by atoms with Crippen LogP contribution in [0.1, 0.15) is 44.6 Å². The fraction of sp³-hybridized carbons (Fsp3) is 0.500. The van der Waals surface area contributed by atoms with Crippen LogP contribution >= 0.6 is 0 Å². The Hall–Kier alpha value is -2.04. The molecular weight excluding hydrogens is 268 g/mol. The lowest BCUT2D eigenvalue weighted by atomic mass is 10.0. The molecule has 5 nitrogen and oxygen atoms in total. The maximum absolute atomic E-state index is 12.0. The van der Waals surface area contributed by atoms with Crippen molar-refractivity contribution in [3.05, 3.63) is 29.8 Å². The monoisotopic (exact) mass is 290 g/mol. The van der Waals surface area contributed by atoms with E-state index in [1.807, 2.05) is 24.3 Å². The Balaban J connectivity index is 1.88. The van der Waals surface area contributed by atoms with Crippen LogP contribution in [-0.2, 0) is 4.79 Å². The summed E-state index contributed by atoms with van der Waals surface area (Å²) in [4.78, 5) is 22.9. The summed E-state index contributed by atoms with van der Waals surface area (Å²) < 4.78 is 0. The maximum atomic E-state index is 12.0. The van der Waals surface area contributed by atoms with Crippen LogP contribution in [0, 0.1) is 5.92 Å². The molecule has 0 aromatic heterocycles. The second-order valence-electron chi connectivity index (χ2n) is 5.92. The summed E-state index contributed by atoms with van der Waals surface area (Å²) in [5.41, 5.74) is 1.92. The smallest absolute Gasteiger partial charge is 0.319 e. The molecule has 2 rings (SSSR count). The second-order valence-corrected chi connectivity index (χ2v) is 5.92. The van der Waals surface area contributed by atoms with Gasteiger partial charge in [-0.2, -0.15) is 0 Å². The third-order valence-corrected chi connectivity index (χ3v) is 3.93. The minimum absolute atomic E-state index is 0.0561. The van der Waals surface area contributed by atoms with Crippen molar-refractivity contribution < 1.29 is 14.7 Å². The van der Waals surface area contributed by atoms with Crippen LogP contribution in [0.3, 0.4) is 0 Å². The molecule has 0 radical (unpaired) electrons. The van der Waals surface area contributed by atoms with Gasteiger partial charge in [-0.3, -0.25) is 4.79 Å². The van der Waals surface area contributed by atoms with Crippen molar-refractivity contribution in [1.29, 1.82) is 0 Å². The molecule has 0 unspecified atom stereocenters. The number of anilines is 1. The topological polar surface area (TPSA) is 78.4 Å². The van der Waals surface area contributed by atoms with Gasteiger partial charge in [0, 0.05) is 11.7 Å². The van der Waals surface area contributed by atoms with Crippen molar-refractivity contribution in [3.8, 4) is 0 Å². The number of carbonyl (C=O) groups excluding carboxylic acids is 1. The lowest BCUT2D eigenvalue weighted by molar-refractivity contribution is -0.141. The molecule has 1 aromatic carbocycles. The number of benzene rings is 1. The van der Waals surface area contributed by atoms with E-state index in [0.717, 1.165) is 12.1 Å². The van der Waals surface area contributed by atoms with Gasteiger partial charge in [-0.05, 0) is 42.9 Å². The Labute approximate surface area is 124 Å². The average molecular weight is 290 g/mol. The molecule has 0 saturated heterocycles. The number of amides is 2. The summed E-state index contributed by atoms with van der Waals surface area (Å²) in [6.45, 7) is 4.20. The van der Waals surface area contributed by atoms with E-state index in [1.165, 1.54) is 5.56 Å². The van der Waals surface area contributed by atoms with Gasteiger partial charge in [-0.15, -0.1) is 0 Å². The highest BCUT2D eigenvalue weighted by molar-refractivity contribution is 5.89. The van der Waals surface area contributed by atoms with E-state index >= 15 is 0 Å². The van der Waals surface area contributed by atoms with Gasteiger partial charge in [-0.25, -0.2) is 4.79 Å². The minimum Gasteiger partial charge on any atom is -0.481 e. The van der Waals surface area contributed by atoms with E-state index in [9.17, 15) is 9.59 Å². The first kappa shape index (κ1) is 15.4. The van der Waals surface area contributed by atoms with Crippen molar-refractivity contribution in [2.24, 2.45) is 5.92 Å². The molecule has 1 aliphatic rings. The Bertz CT molecular complexity index is 528. The zero-order valence-corrected chi connectivity index (χ0v) is 12.4. The fourth-order valence-electron chi connectivity index (χ4n) is 2.67. The van der Waals surface area contributed by atoms with E-state index in [0.29, 0.717) is 18.8 Å². The number of hydrogen-bond donors (Lipinski definition) is 3. The summed E-state index contributed by atoms with van der Waals surface area (Å²) >= 11 is 0. The van der Waals surface area contributed by atoms with Gasteiger partial charge >= 0.3 is 12.0 Å². The second kappa shape index (κ2) is 6.61. The lowest BCUT2D eigenvalue weighted by Gasteiger charge is -2.14. The standard InChI is InChI=1S/C16H22N2O3/c1-10(2)11-4-3-5-13(8-11)17-16(21)18-14-7-6-12(9-14)15(19)20/h3-5,8,10,12,14H,6-7,9H2,1-2H3,(H,19,20)(H2,17,18,21)/t12-,14+/m1/s1. The van der Waals surface area contributed by atoms with Crippen molar-refractivity contribution in [3.63, 3.8) is 0 Å². The number of urea groups is 1. The van der Waals surface area contributed by atoms with Crippen LogP contribution in [0.2, 0.25) is 0 Å². The Morgan fingerprint density at radius 3 is 2.67 bits per heavy atom. The number of carboxylic acids is 1. The molecule has 1 fully saturated rings. The number of rotatable bonds is 4. The molecule has 2 atom stereocenters. The summed E-state index contributed by atoms with van der Waals surface area (Å²) in [5.74, 6) is -0.704. The number of nitrogens with one attached hydrogen (secondary N) is 2. The van der Waals surface area contributed by atoms with Gasteiger partial charge in [0.25, 0.3) is 0 Å². The van der Waals surface area contributed by atoms with E-state index in [-0.39, 0.29) is 18.0 Å². The zero-order valence-electron chi connectivity index (χ0n) is 12.4. The van der Waals surface area contributed by atoms with Crippen LogP contribution in [0.25, 0.3) is 0 Å². The first-order valence-electron chi connectivity index (χ1n) is 7.36. The zero-order chi connectivity index (χ0) is 15.4. The predicted molar refractivity (Wildman–Crippen MR) is 81.5 cm³/mol. The molecule has 1 aliphatic carbocycles. The Kier molecular flexibility index (Phi) is 4.83. The Morgan fingerprint density at radius 1 is 1.29 bits per heavy atom. The molecule has 1 saturated carbocycles. The quantitative estimate of drug-likeness (QED) is 0.797. The fourth-order valence-corrected chi connectivity index (χ4v) is 2.67. The van der Waals surface area contributed by atoms with Gasteiger partial charge in [-0.1, -0.05) is 26.0 Å². The molecule has 114 valence electrons. The number of hydrogen-bond acceptors (Lipinski definition) is 2. The summed E-state index contributed by atoms with van der Waals surface area (Å²) in [7, 11) is 0.